The number of amides is 3. The van der Waals surface area contributed by atoms with Gasteiger partial charge in [-0.15, -0.1) is 0 Å². The van der Waals surface area contributed by atoms with Gasteiger partial charge in [-0.05, 0) is 19.8 Å². The van der Waals surface area contributed by atoms with Gasteiger partial charge in [0.25, 0.3) is 0 Å². The molecule has 68 valence electrons. The lowest BCUT2D eigenvalue weighted by Crippen LogP contribution is -2.44. The van der Waals surface area contributed by atoms with Crippen molar-refractivity contribution >= 4 is 12.4 Å². The molecular weight excluding hydrogens is 156 g/mol. The van der Waals surface area contributed by atoms with Crippen molar-refractivity contribution in [3.63, 3.8) is 0 Å². The largest absolute Gasteiger partial charge is 0.326 e. The topological polar surface area (TPSA) is 40.6 Å². The first-order valence-electron chi connectivity index (χ1n) is 3.97. The van der Waals surface area contributed by atoms with Crippen LogP contribution in [-0.4, -0.2) is 41.9 Å². The molecule has 0 spiro atoms. The first-order chi connectivity index (χ1) is 5.51. The first-order valence-corrected chi connectivity index (χ1v) is 3.97. The van der Waals surface area contributed by atoms with Crippen LogP contribution < -0.4 is 0 Å². The maximum Gasteiger partial charge on any atom is 0.326 e. The normalized spacial score (nSPS) is 18.2. The minimum atomic E-state index is -0.231. The van der Waals surface area contributed by atoms with Crippen LogP contribution in [0.5, 0.6) is 0 Å². The fourth-order valence-corrected chi connectivity index (χ4v) is 1.03. The Kier molecular flexibility index (Phi) is 2.08. The molecule has 0 radical (unpaired) electrons. The molecule has 0 aromatic rings. The standard InChI is InChI=1S/C8H14N2O2/c1-8(4-5-8)10(3)7(12)9(2)6-11/h6H,4-5H2,1-3H3. The van der Waals surface area contributed by atoms with E-state index < -0.39 is 0 Å². The molecule has 0 unspecified atom stereocenters. The Labute approximate surface area is 72.1 Å². The van der Waals surface area contributed by atoms with Gasteiger partial charge in [-0.2, -0.15) is 0 Å². The Hall–Kier alpha value is -1.06. The maximum absolute atomic E-state index is 11.4. The summed E-state index contributed by atoms with van der Waals surface area (Å²) in [5, 5.41) is 0. The molecule has 0 saturated heterocycles. The van der Waals surface area contributed by atoms with Crippen LogP contribution in [-0.2, 0) is 4.79 Å². The van der Waals surface area contributed by atoms with E-state index >= 15 is 0 Å². The quantitative estimate of drug-likeness (QED) is 0.572. The Morgan fingerprint density at radius 3 is 2.25 bits per heavy atom. The van der Waals surface area contributed by atoms with E-state index in [-0.39, 0.29) is 11.6 Å². The highest BCUT2D eigenvalue weighted by molar-refractivity contribution is 5.84. The molecule has 1 aliphatic carbocycles. The van der Waals surface area contributed by atoms with E-state index in [0.717, 1.165) is 17.7 Å². The Balaban J connectivity index is 2.57. The van der Waals surface area contributed by atoms with E-state index in [1.165, 1.54) is 7.05 Å². The summed E-state index contributed by atoms with van der Waals surface area (Å²) in [7, 11) is 3.20. The van der Waals surface area contributed by atoms with Gasteiger partial charge in [0.2, 0.25) is 6.41 Å². The van der Waals surface area contributed by atoms with Crippen LogP contribution in [0.1, 0.15) is 19.8 Å². The Morgan fingerprint density at radius 2 is 1.92 bits per heavy atom. The molecule has 0 N–H and O–H groups in total. The van der Waals surface area contributed by atoms with Crippen LogP contribution in [0.15, 0.2) is 0 Å². The Bertz CT molecular complexity index is 211. The molecule has 1 saturated carbocycles. The molecule has 4 heteroatoms. The summed E-state index contributed by atoms with van der Waals surface area (Å²) in [6.07, 6.45) is 2.59. The summed E-state index contributed by atoms with van der Waals surface area (Å²) in [6.45, 7) is 2.02. The number of carbonyl (C=O) groups excluding carboxylic acids is 2. The average Bonchev–Trinajstić information content (AvgIpc) is 2.81. The van der Waals surface area contributed by atoms with Crippen LogP contribution in [0.25, 0.3) is 0 Å². The fourth-order valence-electron chi connectivity index (χ4n) is 1.03. The second-order valence-corrected chi connectivity index (χ2v) is 3.55. The zero-order valence-electron chi connectivity index (χ0n) is 7.70. The third kappa shape index (κ3) is 1.42. The molecule has 0 atom stereocenters. The van der Waals surface area contributed by atoms with Gasteiger partial charge in [0.05, 0.1) is 0 Å². The SMILES string of the molecule is CN(C=O)C(=O)N(C)C1(C)CC1. The predicted molar refractivity (Wildman–Crippen MR) is 44.6 cm³/mol. The van der Waals surface area contributed by atoms with Gasteiger partial charge in [-0.3, -0.25) is 9.69 Å². The third-order valence-corrected chi connectivity index (χ3v) is 2.53. The average molecular weight is 170 g/mol. The van der Waals surface area contributed by atoms with Crippen molar-refractivity contribution in [2.24, 2.45) is 0 Å². The highest BCUT2D eigenvalue weighted by Gasteiger charge is 2.44. The van der Waals surface area contributed by atoms with Crippen LogP contribution in [0, 0.1) is 0 Å². The molecule has 0 aliphatic heterocycles. The van der Waals surface area contributed by atoms with Crippen molar-refractivity contribution in [2.75, 3.05) is 14.1 Å². The summed E-state index contributed by atoms with van der Waals surface area (Å²) in [6, 6.07) is -0.231. The van der Waals surface area contributed by atoms with Gasteiger partial charge in [-0.1, -0.05) is 0 Å². The first kappa shape index (κ1) is 9.03. The van der Waals surface area contributed by atoms with E-state index in [0.29, 0.717) is 6.41 Å². The molecule has 1 fully saturated rings. The number of imide groups is 1. The van der Waals surface area contributed by atoms with Gasteiger partial charge in [0.1, 0.15) is 0 Å². The van der Waals surface area contributed by atoms with Crippen molar-refractivity contribution in [3.8, 4) is 0 Å². The Morgan fingerprint density at radius 1 is 1.42 bits per heavy atom. The molecule has 0 bridgehead atoms. The van der Waals surface area contributed by atoms with Crippen LogP contribution in [0.2, 0.25) is 0 Å². The van der Waals surface area contributed by atoms with Gasteiger partial charge in [-0.25, -0.2) is 4.79 Å². The van der Waals surface area contributed by atoms with Crippen LogP contribution in [0.3, 0.4) is 0 Å². The number of carbonyl (C=O) groups is 2. The van der Waals surface area contributed by atoms with E-state index in [9.17, 15) is 9.59 Å². The van der Waals surface area contributed by atoms with Gasteiger partial charge < -0.3 is 4.90 Å². The summed E-state index contributed by atoms with van der Waals surface area (Å²) < 4.78 is 0. The lowest BCUT2D eigenvalue weighted by atomic mass is 10.3. The van der Waals surface area contributed by atoms with Crippen molar-refractivity contribution in [3.05, 3.63) is 0 Å². The van der Waals surface area contributed by atoms with E-state index in [4.69, 9.17) is 0 Å². The lowest BCUT2D eigenvalue weighted by molar-refractivity contribution is -0.115. The van der Waals surface area contributed by atoms with Crippen LogP contribution >= 0.6 is 0 Å². The third-order valence-electron chi connectivity index (χ3n) is 2.53. The summed E-state index contributed by atoms with van der Waals surface area (Å²) in [5.41, 5.74) is -0.00560. The predicted octanol–water partition coefficient (Wildman–Crippen LogP) is 0.679. The maximum atomic E-state index is 11.4. The van der Waals surface area contributed by atoms with Crippen molar-refractivity contribution in [2.45, 2.75) is 25.3 Å². The van der Waals surface area contributed by atoms with Gasteiger partial charge >= 0.3 is 6.03 Å². The number of nitrogens with zero attached hydrogens (tertiary/aromatic N) is 2. The monoisotopic (exact) mass is 170 g/mol. The molecule has 0 aromatic carbocycles. The zero-order chi connectivity index (χ0) is 9.35. The van der Waals surface area contributed by atoms with Crippen LogP contribution in [0.4, 0.5) is 4.79 Å². The fraction of sp³-hybridized carbons (Fsp3) is 0.750. The summed E-state index contributed by atoms with van der Waals surface area (Å²) in [5.74, 6) is 0. The zero-order valence-corrected chi connectivity index (χ0v) is 7.70. The number of rotatable bonds is 2. The molecule has 0 heterocycles. The summed E-state index contributed by atoms with van der Waals surface area (Å²) >= 11 is 0. The van der Waals surface area contributed by atoms with Crippen molar-refractivity contribution < 1.29 is 9.59 Å². The van der Waals surface area contributed by atoms with Crippen molar-refractivity contribution in [1.29, 1.82) is 0 Å². The van der Waals surface area contributed by atoms with Crippen molar-refractivity contribution in [1.82, 2.24) is 9.80 Å². The van der Waals surface area contributed by atoms with E-state index in [2.05, 4.69) is 0 Å². The molecule has 0 aromatic heterocycles. The van der Waals surface area contributed by atoms with Gasteiger partial charge in [0.15, 0.2) is 0 Å². The number of hydrogen-bond acceptors (Lipinski definition) is 2. The minimum absolute atomic E-state index is 0.00560. The van der Waals surface area contributed by atoms with E-state index in [1.807, 2.05) is 6.92 Å². The molecule has 3 amide bonds. The second-order valence-electron chi connectivity index (χ2n) is 3.55. The molecule has 1 aliphatic rings. The summed E-state index contributed by atoms with van der Waals surface area (Å²) in [4.78, 5) is 24.3. The van der Waals surface area contributed by atoms with E-state index in [1.54, 1.807) is 11.9 Å². The number of hydrogen-bond donors (Lipinski definition) is 0. The molecular formula is C8H14N2O2. The smallest absolute Gasteiger partial charge is 0.322 e. The highest BCUT2D eigenvalue weighted by Crippen LogP contribution is 2.40. The molecule has 12 heavy (non-hydrogen) atoms. The lowest BCUT2D eigenvalue weighted by Gasteiger charge is -2.26. The van der Waals surface area contributed by atoms with Gasteiger partial charge in [0, 0.05) is 19.6 Å². The second kappa shape index (κ2) is 2.77. The highest BCUT2D eigenvalue weighted by atomic mass is 16.2. The number of urea groups is 1. The molecule has 1 rings (SSSR count). The molecule has 4 nitrogen and oxygen atoms in total. The minimum Gasteiger partial charge on any atom is -0.322 e.